The van der Waals surface area contributed by atoms with E-state index < -0.39 is 0 Å². The highest BCUT2D eigenvalue weighted by Crippen LogP contribution is 2.23. The summed E-state index contributed by atoms with van der Waals surface area (Å²) < 4.78 is 0. The molecule has 0 N–H and O–H groups in total. The third-order valence-electron chi connectivity index (χ3n) is 4.54. The van der Waals surface area contributed by atoms with Gasteiger partial charge in [0.05, 0.1) is 0 Å². The summed E-state index contributed by atoms with van der Waals surface area (Å²) in [4.78, 5) is 0. The molecule has 0 amide bonds. The lowest BCUT2D eigenvalue weighted by Crippen LogP contribution is -1.96. The van der Waals surface area contributed by atoms with Crippen LogP contribution in [0.15, 0.2) is 30.3 Å². The zero-order chi connectivity index (χ0) is 15.6. The molecule has 2 rings (SSSR count). The summed E-state index contributed by atoms with van der Waals surface area (Å²) >= 11 is 0. The quantitative estimate of drug-likeness (QED) is 0.419. The molecular formula is C22H31. The molecule has 0 heterocycles. The first-order valence-electron chi connectivity index (χ1n) is 9.28. The molecule has 0 heteroatoms. The van der Waals surface area contributed by atoms with Gasteiger partial charge < -0.3 is 0 Å². The Hall–Kier alpha value is -1.30. The van der Waals surface area contributed by atoms with Crippen molar-refractivity contribution in [3.05, 3.63) is 47.5 Å². The smallest absolute Gasteiger partial charge is 0.00614 e. The van der Waals surface area contributed by atoms with Gasteiger partial charge in [-0.2, -0.15) is 0 Å². The minimum atomic E-state index is 1.19. The topological polar surface area (TPSA) is 0 Å². The summed E-state index contributed by atoms with van der Waals surface area (Å²) in [7, 11) is 0. The highest BCUT2D eigenvalue weighted by atomic mass is 14.1. The van der Waals surface area contributed by atoms with Gasteiger partial charge in [-0.25, -0.2) is 0 Å². The van der Waals surface area contributed by atoms with Crippen LogP contribution in [0.4, 0.5) is 0 Å². The second-order valence-electron chi connectivity index (χ2n) is 6.48. The zero-order valence-electron chi connectivity index (χ0n) is 14.5. The van der Waals surface area contributed by atoms with Crippen LogP contribution in [0.5, 0.6) is 0 Å². The summed E-state index contributed by atoms with van der Waals surface area (Å²) in [6, 6.07) is 14.8. The Balaban J connectivity index is 2.01. The standard InChI is InChI=1S/C22H31/c1-3-5-7-8-9-10-14-20-18-22-16-12-11-15-21(22)17-19(20)13-6-4-2/h11-12,15-16,18H,3-10,13-14H2,1-2H3. The summed E-state index contributed by atoms with van der Waals surface area (Å²) in [6.45, 7) is 4.55. The van der Waals surface area contributed by atoms with Crippen LogP contribution in [-0.2, 0) is 12.8 Å². The van der Waals surface area contributed by atoms with E-state index in [1.54, 1.807) is 5.56 Å². The van der Waals surface area contributed by atoms with Crippen molar-refractivity contribution in [1.82, 2.24) is 0 Å². The molecule has 2 aromatic rings. The van der Waals surface area contributed by atoms with Crippen molar-refractivity contribution >= 4 is 10.8 Å². The third-order valence-corrected chi connectivity index (χ3v) is 4.54. The molecule has 1 radical (unpaired) electrons. The molecule has 0 saturated heterocycles. The Morgan fingerprint density at radius 3 is 2.32 bits per heavy atom. The van der Waals surface area contributed by atoms with Crippen LogP contribution in [-0.4, -0.2) is 0 Å². The molecule has 119 valence electrons. The summed E-state index contributed by atoms with van der Waals surface area (Å²) in [5.41, 5.74) is 3.01. The van der Waals surface area contributed by atoms with Gasteiger partial charge in [0.2, 0.25) is 0 Å². The van der Waals surface area contributed by atoms with Crippen molar-refractivity contribution in [2.24, 2.45) is 0 Å². The lowest BCUT2D eigenvalue weighted by Gasteiger charge is -2.11. The van der Waals surface area contributed by atoms with Gasteiger partial charge in [-0.15, -0.1) is 0 Å². The van der Waals surface area contributed by atoms with E-state index >= 15 is 0 Å². The maximum absolute atomic E-state index is 3.69. The average molecular weight is 295 g/mol. The monoisotopic (exact) mass is 295 g/mol. The van der Waals surface area contributed by atoms with Crippen LogP contribution < -0.4 is 0 Å². The Labute approximate surface area is 136 Å². The Bertz CT molecular complexity index is 553. The van der Waals surface area contributed by atoms with Crippen LogP contribution in [0.3, 0.4) is 0 Å². The SMILES string of the molecule is CCCCCCCCc1cc2ccccc2[c]c1CCCC. The van der Waals surface area contributed by atoms with Crippen LogP contribution in [0.25, 0.3) is 10.8 Å². The van der Waals surface area contributed by atoms with Crippen molar-refractivity contribution in [1.29, 1.82) is 0 Å². The normalized spacial score (nSPS) is 11.2. The molecule has 0 nitrogen and oxygen atoms in total. The highest BCUT2D eigenvalue weighted by Gasteiger charge is 2.05. The van der Waals surface area contributed by atoms with Gasteiger partial charge in [0, 0.05) is 0 Å². The molecule has 2 aromatic carbocycles. The zero-order valence-corrected chi connectivity index (χ0v) is 14.5. The van der Waals surface area contributed by atoms with Gasteiger partial charge >= 0.3 is 0 Å². The number of fused-ring (bicyclic) bond motifs is 1. The van der Waals surface area contributed by atoms with Crippen molar-refractivity contribution in [3.8, 4) is 0 Å². The van der Waals surface area contributed by atoms with Gasteiger partial charge in [0.25, 0.3) is 0 Å². The molecule has 0 bridgehead atoms. The van der Waals surface area contributed by atoms with E-state index in [1.807, 2.05) is 0 Å². The molecule has 0 atom stereocenters. The van der Waals surface area contributed by atoms with Crippen molar-refractivity contribution < 1.29 is 0 Å². The predicted octanol–water partition coefficient (Wildman–Crippen LogP) is 6.89. The molecule has 22 heavy (non-hydrogen) atoms. The van der Waals surface area contributed by atoms with Crippen molar-refractivity contribution in [3.63, 3.8) is 0 Å². The number of unbranched alkanes of at least 4 members (excludes halogenated alkanes) is 6. The molecule has 0 fully saturated rings. The van der Waals surface area contributed by atoms with E-state index in [9.17, 15) is 0 Å². The fourth-order valence-corrected chi connectivity index (χ4v) is 3.15. The largest absolute Gasteiger partial charge is 0.0654 e. The number of benzene rings is 2. The summed E-state index contributed by atoms with van der Waals surface area (Å²) in [5, 5.41) is 2.63. The lowest BCUT2D eigenvalue weighted by atomic mass is 9.94. The van der Waals surface area contributed by atoms with E-state index in [0.717, 1.165) is 0 Å². The molecule has 0 aliphatic carbocycles. The highest BCUT2D eigenvalue weighted by molar-refractivity contribution is 5.83. The van der Waals surface area contributed by atoms with Crippen LogP contribution in [0, 0.1) is 6.07 Å². The minimum absolute atomic E-state index is 1.19. The van der Waals surface area contributed by atoms with Crippen LogP contribution >= 0.6 is 0 Å². The van der Waals surface area contributed by atoms with E-state index in [0.29, 0.717) is 0 Å². The van der Waals surface area contributed by atoms with E-state index in [1.165, 1.54) is 80.5 Å². The van der Waals surface area contributed by atoms with Crippen LogP contribution in [0.1, 0.15) is 76.3 Å². The van der Waals surface area contributed by atoms with Crippen molar-refractivity contribution in [2.45, 2.75) is 78.1 Å². The molecular weight excluding hydrogens is 264 g/mol. The Morgan fingerprint density at radius 1 is 0.773 bits per heavy atom. The average Bonchev–Trinajstić information content (AvgIpc) is 2.55. The minimum Gasteiger partial charge on any atom is -0.0654 e. The predicted molar refractivity (Wildman–Crippen MR) is 98.5 cm³/mol. The Kier molecular flexibility index (Phi) is 7.49. The molecule has 0 aliphatic rings. The fraction of sp³-hybridized carbons (Fsp3) is 0.545. The number of hydrogen-bond acceptors (Lipinski definition) is 0. The number of rotatable bonds is 10. The van der Waals surface area contributed by atoms with E-state index in [4.69, 9.17) is 0 Å². The second-order valence-corrected chi connectivity index (χ2v) is 6.48. The maximum atomic E-state index is 3.69. The maximum Gasteiger partial charge on any atom is -0.00614 e. The third kappa shape index (κ3) is 5.16. The van der Waals surface area contributed by atoms with Gasteiger partial charge in [-0.05, 0) is 53.6 Å². The first-order chi connectivity index (χ1) is 10.8. The molecule has 0 aliphatic heterocycles. The summed E-state index contributed by atoms with van der Waals surface area (Å²) in [6.07, 6.45) is 13.2. The molecule has 0 unspecified atom stereocenters. The molecule has 0 aromatic heterocycles. The Morgan fingerprint density at radius 2 is 1.50 bits per heavy atom. The number of aryl methyl sites for hydroxylation is 2. The fourth-order valence-electron chi connectivity index (χ4n) is 3.15. The van der Waals surface area contributed by atoms with Gasteiger partial charge in [-0.1, -0.05) is 82.7 Å². The lowest BCUT2D eigenvalue weighted by molar-refractivity contribution is 0.606. The first-order valence-corrected chi connectivity index (χ1v) is 9.28. The van der Waals surface area contributed by atoms with E-state index in [-0.39, 0.29) is 0 Å². The molecule has 0 saturated carbocycles. The van der Waals surface area contributed by atoms with Crippen LogP contribution in [0.2, 0.25) is 0 Å². The van der Waals surface area contributed by atoms with Gasteiger partial charge in [0.15, 0.2) is 0 Å². The van der Waals surface area contributed by atoms with Gasteiger partial charge in [0.1, 0.15) is 0 Å². The second kappa shape index (κ2) is 9.66. The molecule has 0 spiro atoms. The number of hydrogen-bond donors (Lipinski definition) is 0. The first kappa shape index (κ1) is 17.1. The summed E-state index contributed by atoms with van der Waals surface area (Å²) in [5.74, 6) is 0. The van der Waals surface area contributed by atoms with E-state index in [2.05, 4.69) is 50.2 Å². The van der Waals surface area contributed by atoms with Crippen molar-refractivity contribution in [2.75, 3.05) is 0 Å². The van der Waals surface area contributed by atoms with Gasteiger partial charge in [-0.3, -0.25) is 0 Å².